The Morgan fingerprint density at radius 2 is 2.50 bits per heavy atom. The molecular weight excluding hydrogens is 176 g/mol. The minimum Gasteiger partial charge on any atom is -0.313 e. The normalized spacial score (nSPS) is 16.8. The molecule has 76 valence electrons. The molecule has 1 aromatic heterocycles. The lowest BCUT2D eigenvalue weighted by molar-refractivity contribution is 0.570. The molecule has 4 heteroatoms. The summed E-state index contributed by atoms with van der Waals surface area (Å²) < 4.78 is 2.00. The maximum Gasteiger partial charge on any atom is 0.0842 e. The van der Waals surface area contributed by atoms with Gasteiger partial charge in [-0.3, -0.25) is 0 Å². The van der Waals surface area contributed by atoms with Crippen molar-refractivity contribution in [3.63, 3.8) is 0 Å². The number of hydrogen-bond acceptors (Lipinski definition) is 3. The summed E-state index contributed by atoms with van der Waals surface area (Å²) in [5, 5.41) is 11.4. The maximum atomic E-state index is 4.09. The standard InChI is InChI=1S/C10H16N4/c1-2-7-14-10(8-12-13-14)9-3-5-11-6-4-9/h3,8,11H,2,4-7H2,1H3. The van der Waals surface area contributed by atoms with Crippen LogP contribution in [-0.4, -0.2) is 28.1 Å². The van der Waals surface area contributed by atoms with Crippen LogP contribution < -0.4 is 5.32 Å². The molecule has 1 aromatic rings. The van der Waals surface area contributed by atoms with Gasteiger partial charge in [0, 0.05) is 13.1 Å². The maximum absolute atomic E-state index is 4.09. The fourth-order valence-corrected chi connectivity index (χ4v) is 1.74. The van der Waals surface area contributed by atoms with E-state index in [2.05, 4.69) is 28.6 Å². The third-order valence-electron chi connectivity index (χ3n) is 2.45. The largest absolute Gasteiger partial charge is 0.313 e. The lowest BCUT2D eigenvalue weighted by atomic mass is 10.1. The molecule has 0 amide bonds. The molecule has 1 aliphatic rings. The minimum atomic E-state index is 0.958. The van der Waals surface area contributed by atoms with Crippen molar-refractivity contribution in [1.82, 2.24) is 20.3 Å². The lowest BCUT2D eigenvalue weighted by Gasteiger charge is -2.14. The van der Waals surface area contributed by atoms with E-state index < -0.39 is 0 Å². The van der Waals surface area contributed by atoms with Crippen molar-refractivity contribution in [2.24, 2.45) is 0 Å². The molecule has 0 saturated heterocycles. The minimum absolute atomic E-state index is 0.958. The van der Waals surface area contributed by atoms with Crippen molar-refractivity contribution < 1.29 is 0 Å². The Bertz CT molecular complexity index is 327. The van der Waals surface area contributed by atoms with E-state index >= 15 is 0 Å². The van der Waals surface area contributed by atoms with Gasteiger partial charge in [-0.05, 0) is 25.0 Å². The zero-order chi connectivity index (χ0) is 9.80. The van der Waals surface area contributed by atoms with Gasteiger partial charge in [-0.1, -0.05) is 18.2 Å². The van der Waals surface area contributed by atoms with Gasteiger partial charge in [0.1, 0.15) is 0 Å². The molecule has 2 heterocycles. The molecule has 0 saturated carbocycles. The number of aromatic nitrogens is 3. The molecule has 0 atom stereocenters. The van der Waals surface area contributed by atoms with Crippen molar-refractivity contribution >= 4 is 5.57 Å². The fourth-order valence-electron chi connectivity index (χ4n) is 1.74. The summed E-state index contributed by atoms with van der Waals surface area (Å²) in [4.78, 5) is 0. The molecule has 1 aliphatic heterocycles. The van der Waals surface area contributed by atoms with Gasteiger partial charge >= 0.3 is 0 Å². The van der Waals surface area contributed by atoms with Crippen LogP contribution in [-0.2, 0) is 6.54 Å². The smallest absolute Gasteiger partial charge is 0.0842 e. The first kappa shape index (κ1) is 9.40. The molecule has 0 radical (unpaired) electrons. The number of rotatable bonds is 3. The van der Waals surface area contributed by atoms with E-state index in [1.54, 1.807) is 0 Å². The van der Waals surface area contributed by atoms with Gasteiger partial charge in [0.25, 0.3) is 0 Å². The van der Waals surface area contributed by atoms with Gasteiger partial charge in [0.2, 0.25) is 0 Å². The van der Waals surface area contributed by atoms with Gasteiger partial charge in [0.15, 0.2) is 0 Å². The van der Waals surface area contributed by atoms with Crippen molar-refractivity contribution in [3.8, 4) is 0 Å². The second kappa shape index (κ2) is 4.37. The van der Waals surface area contributed by atoms with Gasteiger partial charge < -0.3 is 5.32 Å². The highest BCUT2D eigenvalue weighted by molar-refractivity contribution is 5.63. The van der Waals surface area contributed by atoms with E-state index in [1.165, 1.54) is 11.3 Å². The lowest BCUT2D eigenvalue weighted by Crippen LogP contribution is -2.21. The molecular formula is C10H16N4. The zero-order valence-electron chi connectivity index (χ0n) is 8.53. The molecule has 0 aromatic carbocycles. The van der Waals surface area contributed by atoms with Crippen molar-refractivity contribution in [2.75, 3.05) is 13.1 Å². The van der Waals surface area contributed by atoms with E-state index in [1.807, 2.05) is 10.9 Å². The summed E-state index contributed by atoms with van der Waals surface area (Å²) in [5.41, 5.74) is 2.57. The molecule has 0 aliphatic carbocycles. The van der Waals surface area contributed by atoms with Crippen LogP contribution in [0, 0.1) is 0 Å². The first-order chi connectivity index (χ1) is 6.92. The molecule has 14 heavy (non-hydrogen) atoms. The summed E-state index contributed by atoms with van der Waals surface area (Å²) in [6.07, 6.45) is 6.28. The van der Waals surface area contributed by atoms with Gasteiger partial charge in [-0.25, -0.2) is 4.68 Å². The topological polar surface area (TPSA) is 42.7 Å². The van der Waals surface area contributed by atoms with E-state index in [-0.39, 0.29) is 0 Å². The zero-order valence-corrected chi connectivity index (χ0v) is 8.53. The summed E-state index contributed by atoms with van der Waals surface area (Å²) in [6.45, 7) is 5.14. The second-order valence-electron chi connectivity index (χ2n) is 3.53. The van der Waals surface area contributed by atoms with E-state index in [0.29, 0.717) is 0 Å². The Morgan fingerprint density at radius 1 is 1.57 bits per heavy atom. The molecule has 4 nitrogen and oxygen atoms in total. The quantitative estimate of drug-likeness (QED) is 0.778. The summed E-state index contributed by atoms with van der Waals surface area (Å²) in [7, 11) is 0. The molecule has 0 unspecified atom stereocenters. The van der Waals surface area contributed by atoms with Crippen LogP contribution >= 0.6 is 0 Å². The van der Waals surface area contributed by atoms with Crippen LogP contribution in [0.3, 0.4) is 0 Å². The van der Waals surface area contributed by atoms with E-state index in [9.17, 15) is 0 Å². The highest BCUT2D eigenvalue weighted by Gasteiger charge is 2.10. The van der Waals surface area contributed by atoms with Gasteiger partial charge in [0.05, 0.1) is 11.9 Å². The summed E-state index contributed by atoms with van der Waals surface area (Å²) in [6, 6.07) is 0. The Balaban J connectivity index is 2.21. The monoisotopic (exact) mass is 192 g/mol. The Hall–Kier alpha value is -1.16. The number of aryl methyl sites for hydroxylation is 1. The summed E-state index contributed by atoms with van der Waals surface area (Å²) >= 11 is 0. The highest BCUT2D eigenvalue weighted by atomic mass is 15.4. The van der Waals surface area contributed by atoms with Gasteiger partial charge in [-0.15, -0.1) is 5.10 Å². The van der Waals surface area contributed by atoms with Crippen LogP contribution in [0.1, 0.15) is 25.5 Å². The van der Waals surface area contributed by atoms with Crippen LogP contribution in [0.5, 0.6) is 0 Å². The third kappa shape index (κ3) is 1.85. The number of hydrogen-bond donors (Lipinski definition) is 1. The van der Waals surface area contributed by atoms with Crippen LogP contribution in [0.15, 0.2) is 12.3 Å². The van der Waals surface area contributed by atoms with Crippen LogP contribution in [0.25, 0.3) is 5.57 Å². The fraction of sp³-hybridized carbons (Fsp3) is 0.600. The second-order valence-corrected chi connectivity index (χ2v) is 3.53. The highest BCUT2D eigenvalue weighted by Crippen LogP contribution is 2.18. The Morgan fingerprint density at radius 3 is 3.21 bits per heavy atom. The van der Waals surface area contributed by atoms with Crippen LogP contribution in [0.4, 0.5) is 0 Å². The third-order valence-corrected chi connectivity index (χ3v) is 2.45. The average molecular weight is 192 g/mol. The number of nitrogens with zero attached hydrogens (tertiary/aromatic N) is 3. The first-order valence-electron chi connectivity index (χ1n) is 5.20. The predicted octanol–water partition coefficient (Wildman–Crippen LogP) is 1.06. The van der Waals surface area contributed by atoms with Crippen molar-refractivity contribution in [1.29, 1.82) is 0 Å². The van der Waals surface area contributed by atoms with Gasteiger partial charge in [-0.2, -0.15) is 0 Å². The average Bonchev–Trinajstić information content (AvgIpc) is 2.68. The van der Waals surface area contributed by atoms with Crippen LogP contribution in [0.2, 0.25) is 0 Å². The van der Waals surface area contributed by atoms with Crippen molar-refractivity contribution in [3.05, 3.63) is 18.0 Å². The molecule has 1 N–H and O–H groups in total. The molecule has 0 bridgehead atoms. The predicted molar refractivity (Wildman–Crippen MR) is 55.8 cm³/mol. The molecule has 0 spiro atoms. The van der Waals surface area contributed by atoms with E-state index in [4.69, 9.17) is 0 Å². The Kier molecular flexibility index (Phi) is 2.93. The van der Waals surface area contributed by atoms with Crippen molar-refractivity contribution in [2.45, 2.75) is 26.3 Å². The molecule has 2 rings (SSSR count). The SMILES string of the molecule is CCCn1nncc1C1=CCNCC1. The summed E-state index contributed by atoms with van der Waals surface area (Å²) in [5.74, 6) is 0. The first-order valence-corrected chi connectivity index (χ1v) is 5.20. The number of nitrogens with one attached hydrogen (secondary N) is 1. The van der Waals surface area contributed by atoms with E-state index in [0.717, 1.165) is 32.5 Å². The Labute approximate surface area is 84.0 Å². The molecule has 0 fully saturated rings.